The second kappa shape index (κ2) is 5.90. The molecule has 0 aromatic heterocycles. The Morgan fingerprint density at radius 1 is 1.42 bits per heavy atom. The van der Waals surface area contributed by atoms with E-state index in [1.165, 1.54) is 12.1 Å². The SMILES string of the molecule is Cc1c(Cl)cc(S(N)(=O)=O)cc1C(=O)OCC(C)C. The molecule has 0 fully saturated rings. The lowest BCUT2D eigenvalue weighted by atomic mass is 10.1. The van der Waals surface area contributed by atoms with E-state index in [0.717, 1.165) is 0 Å². The predicted molar refractivity (Wildman–Crippen MR) is 72.7 cm³/mol. The second-order valence-electron chi connectivity index (χ2n) is 4.61. The summed E-state index contributed by atoms with van der Waals surface area (Å²) < 4.78 is 27.7. The van der Waals surface area contributed by atoms with Crippen LogP contribution >= 0.6 is 11.6 Å². The lowest BCUT2D eigenvalue weighted by Crippen LogP contribution is -2.16. The maximum absolute atomic E-state index is 11.9. The molecule has 0 aliphatic rings. The first-order valence-electron chi connectivity index (χ1n) is 5.63. The molecule has 0 unspecified atom stereocenters. The fourth-order valence-electron chi connectivity index (χ4n) is 1.35. The van der Waals surface area contributed by atoms with Crippen molar-refractivity contribution < 1.29 is 17.9 Å². The van der Waals surface area contributed by atoms with Crippen LogP contribution in [-0.2, 0) is 14.8 Å². The molecule has 5 nitrogen and oxygen atoms in total. The first kappa shape index (κ1) is 15.9. The van der Waals surface area contributed by atoms with Gasteiger partial charge in [-0.25, -0.2) is 18.4 Å². The Morgan fingerprint density at radius 2 is 2.00 bits per heavy atom. The number of esters is 1. The minimum atomic E-state index is -3.92. The zero-order valence-corrected chi connectivity index (χ0v) is 12.5. The third-order valence-corrected chi connectivity index (χ3v) is 3.70. The van der Waals surface area contributed by atoms with E-state index >= 15 is 0 Å². The molecule has 0 heterocycles. The van der Waals surface area contributed by atoms with Gasteiger partial charge in [0.15, 0.2) is 0 Å². The number of sulfonamides is 1. The molecular formula is C12H16ClNO4S. The van der Waals surface area contributed by atoms with E-state index in [0.29, 0.717) is 5.56 Å². The van der Waals surface area contributed by atoms with Crippen molar-refractivity contribution in [3.63, 3.8) is 0 Å². The van der Waals surface area contributed by atoms with Crippen molar-refractivity contribution in [3.05, 3.63) is 28.3 Å². The van der Waals surface area contributed by atoms with Crippen LogP contribution in [0.1, 0.15) is 29.8 Å². The monoisotopic (exact) mass is 305 g/mol. The average molecular weight is 306 g/mol. The maximum atomic E-state index is 11.9. The van der Waals surface area contributed by atoms with E-state index in [1.807, 2.05) is 13.8 Å². The topological polar surface area (TPSA) is 86.5 Å². The van der Waals surface area contributed by atoms with E-state index in [9.17, 15) is 13.2 Å². The molecule has 0 atom stereocenters. The van der Waals surface area contributed by atoms with Crippen LogP contribution in [-0.4, -0.2) is 21.0 Å². The van der Waals surface area contributed by atoms with E-state index < -0.39 is 16.0 Å². The fourth-order valence-corrected chi connectivity index (χ4v) is 2.20. The first-order chi connectivity index (χ1) is 8.62. The Kier molecular flexibility index (Phi) is 4.95. The molecular weight excluding hydrogens is 290 g/mol. The van der Waals surface area contributed by atoms with Gasteiger partial charge in [-0.2, -0.15) is 0 Å². The van der Waals surface area contributed by atoms with Gasteiger partial charge in [-0.3, -0.25) is 0 Å². The predicted octanol–water partition coefficient (Wildman–Crippen LogP) is 2.11. The summed E-state index contributed by atoms with van der Waals surface area (Å²) >= 11 is 5.90. The third kappa shape index (κ3) is 4.19. The summed E-state index contributed by atoms with van der Waals surface area (Å²) in [5.41, 5.74) is 0.569. The molecule has 7 heteroatoms. The van der Waals surface area contributed by atoms with Crippen molar-refractivity contribution in [3.8, 4) is 0 Å². The molecule has 0 aliphatic carbocycles. The van der Waals surface area contributed by atoms with Crippen LogP contribution < -0.4 is 5.14 Å². The van der Waals surface area contributed by atoms with Crippen LogP contribution in [0.15, 0.2) is 17.0 Å². The smallest absolute Gasteiger partial charge is 0.338 e. The lowest BCUT2D eigenvalue weighted by molar-refractivity contribution is 0.0458. The number of hydrogen-bond acceptors (Lipinski definition) is 4. The molecule has 0 aliphatic heterocycles. The zero-order chi connectivity index (χ0) is 14.8. The number of nitrogens with two attached hydrogens (primary N) is 1. The highest BCUT2D eigenvalue weighted by molar-refractivity contribution is 7.89. The maximum Gasteiger partial charge on any atom is 0.338 e. The fraction of sp³-hybridized carbons (Fsp3) is 0.417. The Bertz CT molecular complexity index is 596. The Labute approximate surface area is 117 Å². The summed E-state index contributed by atoms with van der Waals surface area (Å²) in [4.78, 5) is 11.7. The average Bonchev–Trinajstić information content (AvgIpc) is 2.27. The number of halogens is 1. The molecule has 1 rings (SSSR count). The van der Waals surface area contributed by atoms with Gasteiger partial charge in [0.05, 0.1) is 17.1 Å². The summed E-state index contributed by atoms with van der Waals surface area (Å²) in [6.45, 7) is 5.65. The van der Waals surface area contributed by atoms with Gasteiger partial charge >= 0.3 is 5.97 Å². The third-order valence-electron chi connectivity index (χ3n) is 2.41. The number of primary sulfonamides is 1. The van der Waals surface area contributed by atoms with Gasteiger partial charge in [0.2, 0.25) is 10.0 Å². The van der Waals surface area contributed by atoms with Gasteiger partial charge in [0.1, 0.15) is 0 Å². The lowest BCUT2D eigenvalue weighted by Gasteiger charge is -2.11. The van der Waals surface area contributed by atoms with Crippen LogP contribution in [0, 0.1) is 12.8 Å². The van der Waals surface area contributed by atoms with Crippen LogP contribution in [0.3, 0.4) is 0 Å². The van der Waals surface area contributed by atoms with Crippen LogP contribution in [0.5, 0.6) is 0 Å². The van der Waals surface area contributed by atoms with E-state index in [4.69, 9.17) is 21.5 Å². The minimum Gasteiger partial charge on any atom is -0.462 e. The number of rotatable bonds is 4. The van der Waals surface area contributed by atoms with Gasteiger partial charge in [-0.05, 0) is 30.5 Å². The molecule has 19 heavy (non-hydrogen) atoms. The summed E-state index contributed by atoms with van der Waals surface area (Å²) in [5, 5.41) is 5.18. The van der Waals surface area contributed by atoms with Gasteiger partial charge in [0, 0.05) is 5.02 Å². The van der Waals surface area contributed by atoms with E-state index in [2.05, 4.69) is 0 Å². The molecule has 2 N–H and O–H groups in total. The van der Waals surface area contributed by atoms with Gasteiger partial charge < -0.3 is 4.74 Å². The van der Waals surface area contributed by atoms with Crippen LogP contribution in [0.4, 0.5) is 0 Å². The number of carbonyl (C=O) groups is 1. The highest BCUT2D eigenvalue weighted by atomic mass is 35.5. The molecule has 0 saturated heterocycles. The van der Waals surface area contributed by atoms with Crippen molar-refractivity contribution in [2.45, 2.75) is 25.7 Å². The Balaban J connectivity index is 3.20. The van der Waals surface area contributed by atoms with Gasteiger partial charge in [0.25, 0.3) is 0 Å². The molecule has 1 aromatic carbocycles. The highest BCUT2D eigenvalue weighted by Crippen LogP contribution is 2.24. The minimum absolute atomic E-state index is 0.108. The molecule has 0 amide bonds. The van der Waals surface area contributed by atoms with Crippen LogP contribution in [0.25, 0.3) is 0 Å². The molecule has 1 aromatic rings. The summed E-state index contributed by atoms with van der Waals surface area (Å²) in [7, 11) is -3.92. The van der Waals surface area contributed by atoms with Crippen molar-refractivity contribution in [2.24, 2.45) is 11.1 Å². The first-order valence-corrected chi connectivity index (χ1v) is 7.55. The number of benzene rings is 1. The summed E-state index contributed by atoms with van der Waals surface area (Å²) in [6, 6.07) is 2.39. The quantitative estimate of drug-likeness (QED) is 0.863. The van der Waals surface area contributed by atoms with Gasteiger partial charge in [-0.15, -0.1) is 0 Å². The standard InChI is InChI=1S/C12H16ClNO4S/c1-7(2)6-18-12(15)10-4-9(19(14,16)17)5-11(13)8(10)3/h4-5,7H,6H2,1-3H3,(H2,14,16,17). The summed E-state index contributed by atoms with van der Waals surface area (Å²) in [6.07, 6.45) is 0. The number of hydrogen-bond donors (Lipinski definition) is 1. The summed E-state index contributed by atoms with van der Waals surface area (Å²) in [5.74, 6) is -0.431. The number of ether oxygens (including phenoxy) is 1. The zero-order valence-electron chi connectivity index (χ0n) is 10.9. The molecule has 0 saturated carbocycles. The van der Waals surface area contributed by atoms with Gasteiger partial charge in [-0.1, -0.05) is 25.4 Å². The van der Waals surface area contributed by atoms with Crippen molar-refractivity contribution in [1.29, 1.82) is 0 Å². The normalized spacial score (nSPS) is 11.7. The van der Waals surface area contributed by atoms with Crippen LogP contribution in [0.2, 0.25) is 5.02 Å². The van der Waals surface area contributed by atoms with Crippen molar-refractivity contribution in [2.75, 3.05) is 6.61 Å². The van der Waals surface area contributed by atoms with Crippen molar-refractivity contribution >= 4 is 27.6 Å². The molecule has 0 spiro atoms. The Hall–Kier alpha value is -1.11. The van der Waals surface area contributed by atoms with Crippen molar-refractivity contribution in [1.82, 2.24) is 0 Å². The molecule has 106 valence electrons. The highest BCUT2D eigenvalue weighted by Gasteiger charge is 2.19. The number of carbonyl (C=O) groups excluding carboxylic acids is 1. The largest absolute Gasteiger partial charge is 0.462 e. The van der Waals surface area contributed by atoms with E-state index in [-0.39, 0.29) is 28.0 Å². The molecule has 0 radical (unpaired) electrons. The Morgan fingerprint density at radius 3 is 2.47 bits per heavy atom. The van der Waals surface area contributed by atoms with E-state index in [1.54, 1.807) is 6.92 Å². The molecule has 0 bridgehead atoms. The second-order valence-corrected chi connectivity index (χ2v) is 6.58.